The molecular weight excluding hydrogens is 284 g/mol. The molecule has 0 amide bonds. The van der Waals surface area contributed by atoms with Crippen LogP contribution in [0, 0.1) is 12.3 Å². The van der Waals surface area contributed by atoms with Crippen LogP contribution in [0.25, 0.3) is 0 Å². The van der Waals surface area contributed by atoms with Gasteiger partial charge in [-0.15, -0.1) is 10.2 Å². The van der Waals surface area contributed by atoms with E-state index in [2.05, 4.69) is 79.1 Å². The quantitative estimate of drug-likeness (QED) is 0.911. The zero-order valence-corrected chi connectivity index (χ0v) is 14.9. The highest BCUT2D eigenvalue weighted by Crippen LogP contribution is 2.39. The molecule has 4 nitrogen and oxygen atoms in total. The minimum atomic E-state index is 0.129. The fraction of sp³-hybridized carbons (Fsp3) is 0.579. The lowest BCUT2D eigenvalue weighted by atomic mass is 9.81. The lowest BCUT2D eigenvalue weighted by molar-refractivity contribution is 0.267. The summed E-state index contributed by atoms with van der Waals surface area (Å²) in [7, 11) is 2.09. The summed E-state index contributed by atoms with van der Waals surface area (Å²) in [4.78, 5) is 0. The molecule has 1 aromatic heterocycles. The second kappa shape index (κ2) is 6.08. The van der Waals surface area contributed by atoms with Crippen LogP contribution in [0.4, 0.5) is 0 Å². The summed E-state index contributed by atoms with van der Waals surface area (Å²) in [5.41, 5.74) is 2.82. The van der Waals surface area contributed by atoms with Gasteiger partial charge in [0.25, 0.3) is 0 Å². The van der Waals surface area contributed by atoms with E-state index in [4.69, 9.17) is 0 Å². The molecule has 3 rings (SSSR count). The molecule has 1 atom stereocenters. The molecule has 2 aromatic rings. The third kappa shape index (κ3) is 3.47. The number of aromatic nitrogens is 3. The standard InChI is InChI=1S/C19H28N4/c1-13-8-6-7-9-15(13)17(19(2,3)4)20-12-16-21-22-18(23(16)5)14-10-11-14/h6-9,14,17,20H,10-12H2,1-5H3/t17-/m1/s1. The predicted octanol–water partition coefficient (Wildman–Crippen LogP) is 3.88. The van der Waals surface area contributed by atoms with Gasteiger partial charge in [0.05, 0.1) is 6.54 Å². The fourth-order valence-electron chi connectivity index (χ4n) is 3.21. The molecule has 23 heavy (non-hydrogen) atoms. The van der Waals surface area contributed by atoms with Gasteiger partial charge in [0.1, 0.15) is 11.6 Å². The topological polar surface area (TPSA) is 42.7 Å². The van der Waals surface area contributed by atoms with Crippen molar-refractivity contribution in [3.63, 3.8) is 0 Å². The smallest absolute Gasteiger partial charge is 0.146 e. The molecule has 1 fully saturated rings. The Hall–Kier alpha value is -1.68. The minimum Gasteiger partial charge on any atom is -0.317 e. The first-order valence-corrected chi connectivity index (χ1v) is 8.55. The third-order valence-electron chi connectivity index (χ3n) is 4.77. The van der Waals surface area contributed by atoms with Gasteiger partial charge in [0, 0.05) is 19.0 Å². The maximum atomic E-state index is 4.40. The van der Waals surface area contributed by atoms with Gasteiger partial charge in [0.15, 0.2) is 0 Å². The van der Waals surface area contributed by atoms with Crippen molar-refractivity contribution in [2.24, 2.45) is 12.5 Å². The van der Waals surface area contributed by atoms with E-state index in [0.717, 1.165) is 18.2 Å². The number of hydrogen-bond acceptors (Lipinski definition) is 3. The van der Waals surface area contributed by atoms with Crippen molar-refractivity contribution < 1.29 is 0 Å². The summed E-state index contributed by atoms with van der Waals surface area (Å²) >= 11 is 0. The van der Waals surface area contributed by atoms with Crippen LogP contribution in [-0.4, -0.2) is 14.8 Å². The van der Waals surface area contributed by atoms with Crippen molar-refractivity contribution in [3.8, 4) is 0 Å². The molecule has 0 saturated heterocycles. The summed E-state index contributed by atoms with van der Waals surface area (Å²) in [5.74, 6) is 2.80. The molecule has 1 aliphatic carbocycles. The van der Waals surface area contributed by atoms with Gasteiger partial charge >= 0.3 is 0 Å². The zero-order valence-electron chi connectivity index (χ0n) is 14.9. The van der Waals surface area contributed by atoms with Gasteiger partial charge in [-0.25, -0.2) is 0 Å². The highest BCUT2D eigenvalue weighted by atomic mass is 15.3. The first kappa shape index (κ1) is 16.2. The van der Waals surface area contributed by atoms with Crippen LogP contribution in [0.1, 0.15) is 68.3 Å². The van der Waals surface area contributed by atoms with Crippen molar-refractivity contribution in [1.29, 1.82) is 0 Å². The van der Waals surface area contributed by atoms with Crippen LogP contribution in [-0.2, 0) is 13.6 Å². The number of rotatable bonds is 5. The molecular formula is C19H28N4. The summed E-state index contributed by atoms with van der Waals surface area (Å²) in [5, 5.41) is 12.5. The SMILES string of the molecule is Cc1ccccc1[C@@H](NCc1nnc(C2CC2)n1C)C(C)(C)C. The Bertz CT molecular complexity index is 677. The number of hydrogen-bond donors (Lipinski definition) is 1. The van der Waals surface area contributed by atoms with Crippen molar-refractivity contribution in [3.05, 3.63) is 47.0 Å². The molecule has 4 heteroatoms. The van der Waals surface area contributed by atoms with Crippen LogP contribution in [0.5, 0.6) is 0 Å². The molecule has 0 radical (unpaired) electrons. The summed E-state index contributed by atoms with van der Waals surface area (Å²) in [6, 6.07) is 8.91. The van der Waals surface area contributed by atoms with Crippen molar-refractivity contribution in [2.75, 3.05) is 0 Å². The third-order valence-corrected chi connectivity index (χ3v) is 4.77. The van der Waals surface area contributed by atoms with E-state index in [1.165, 1.54) is 24.0 Å². The fourth-order valence-corrected chi connectivity index (χ4v) is 3.21. The Morgan fingerprint density at radius 1 is 1.22 bits per heavy atom. The normalized spacial score (nSPS) is 16.6. The largest absolute Gasteiger partial charge is 0.317 e. The van der Waals surface area contributed by atoms with Gasteiger partial charge in [0.2, 0.25) is 0 Å². The van der Waals surface area contributed by atoms with Crippen molar-refractivity contribution in [2.45, 2.75) is 59.0 Å². The second-order valence-electron chi connectivity index (χ2n) is 7.84. The Balaban J connectivity index is 1.79. The first-order chi connectivity index (χ1) is 10.9. The molecule has 0 bridgehead atoms. The summed E-state index contributed by atoms with van der Waals surface area (Å²) in [6.45, 7) is 9.77. The van der Waals surface area contributed by atoms with E-state index in [1.54, 1.807) is 0 Å². The van der Waals surface area contributed by atoms with Crippen LogP contribution in [0.3, 0.4) is 0 Å². The summed E-state index contributed by atoms with van der Waals surface area (Å²) < 4.78 is 2.17. The molecule has 0 spiro atoms. The summed E-state index contributed by atoms with van der Waals surface area (Å²) in [6.07, 6.45) is 2.51. The Labute approximate surface area is 139 Å². The molecule has 0 unspecified atom stereocenters. The highest BCUT2D eigenvalue weighted by Gasteiger charge is 2.30. The number of benzene rings is 1. The number of nitrogens with zero attached hydrogens (tertiary/aromatic N) is 3. The van der Waals surface area contributed by atoms with Gasteiger partial charge in [-0.2, -0.15) is 0 Å². The van der Waals surface area contributed by atoms with Crippen molar-refractivity contribution >= 4 is 0 Å². The average molecular weight is 312 g/mol. The van der Waals surface area contributed by atoms with E-state index >= 15 is 0 Å². The molecule has 1 heterocycles. The van der Waals surface area contributed by atoms with Crippen LogP contribution < -0.4 is 5.32 Å². The highest BCUT2D eigenvalue weighted by molar-refractivity contribution is 5.30. The van der Waals surface area contributed by atoms with Crippen LogP contribution in [0.2, 0.25) is 0 Å². The minimum absolute atomic E-state index is 0.129. The molecule has 1 N–H and O–H groups in total. The van der Waals surface area contributed by atoms with Crippen LogP contribution >= 0.6 is 0 Å². The zero-order chi connectivity index (χ0) is 16.6. The monoisotopic (exact) mass is 312 g/mol. The van der Waals surface area contributed by atoms with Crippen LogP contribution in [0.15, 0.2) is 24.3 Å². The molecule has 0 aliphatic heterocycles. The number of aryl methyl sites for hydroxylation is 1. The van der Waals surface area contributed by atoms with E-state index in [1.807, 2.05) is 0 Å². The van der Waals surface area contributed by atoms with Crippen molar-refractivity contribution in [1.82, 2.24) is 20.1 Å². The maximum Gasteiger partial charge on any atom is 0.146 e. The van der Waals surface area contributed by atoms with Gasteiger partial charge in [-0.1, -0.05) is 45.0 Å². The van der Waals surface area contributed by atoms with Gasteiger partial charge < -0.3 is 9.88 Å². The molecule has 1 aromatic carbocycles. The van der Waals surface area contributed by atoms with Gasteiger partial charge in [-0.05, 0) is 36.3 Å². The number of nitrogens with one attached hydrogen (secondary N) is 1. The Morgan fingerprint density at radius 2 is 1.91 bits per heavy atom. The Kier molecular flexibility index (Phi) is 4.28. The van der Waals surface area contributed by atoms with Gasteiger partial charge in [-0.3, -0.25) is 0 Å². The lowest BCUT2D eigenvalue weighted by Crippen LogP contribution is -2.33. The molecule has 1 saturated carbocycles. The molecule has 124 valence electrons. The first-order valence-electron chi connectivity index (χ1n) is 8.55. The van der Waals surface area contributed by atoms with E-state index in [-0.39, 0.29) is 11.5 Å². The predicted molar refractivity (Wildman–Crippen MR) is 93.2 cm³/mol. The van der Waals surface area contributed by atoms with E-state index < -0.39 is 0 Å². The average Bonchev–Trinajstić information content (AvgIpc) is 3.25. The second-order valence-corrected chi connectivity index (χ2v) is 7.84. The van der Waals surface area contributed by atoms with E-state index in [9.17, 15) is 0 Å². The maximum absolute atomic E-state index is 4.40. The van der Waals surface area contributed by atoms with E-state index in [0.29, 0.717) is 5.92 Å². The Morgan fingerprint density at radius 3 is 2.52 bits per heavy atom. The molecule has 1 aliphatic rings. The lowest BCUT2D eigenvalue weighted by Gasteiger charge is -2.33.